The van der Waals surface area contributed by atoms with E-state index in [0.717, 1.165) is 18.6 Å². The normalized spacial score (nSPS) is 13.6. The lowest BCUT2D eigenvalue weighted by Gasteiger charge is -2.09. The molecule has 0 bridgehead atoms. The van der Waals surface area contributed by atoms with Gasteiger partial charge in [-0.25, -0.2) is 0 Å². The highest BCUT2D eigenvalue weighted by Crippen LogP contribution is 2.16. The molecular formula is C13H26O. The van der Waals surface area contributed by atoms with Crippen LogP contribution in [0.15, 0.2) is 12.3 Å². The highest BCUT2D eigenvalue weighted by atomic mass is 16.2. The van der Waals surface area contributed by atoms with Gasteiger partial charge in [-0.05, 0) is 18.8 Å². The third-order valence-electron chi connectivity index (χ3n) is 2.72. The molecule has 0 aromatic heterocycles. The minimum absolute atomic E-state index is 0.889. The van der Waals surface area contributed by atoms with Gasteiger partial charge >= 0.3 is 0 Å². The van der Waals surface area contributed by atoms with Crippen molar-refractivity contribution in [3.63, 3.8) is 0 Å². The smallest absolute Gasteiger partial charge is 0.0751 e. The molecule has 14 heavy (non-hydrogen) atoms. The fourth-order valence-corrected chi connectivity index (χ4v) is 1.72. The fraction of sp³-hybridized carbons (Fsp3) is 0.846. The summed E-state index contributed by atoms with van der Waals surface area (Å²) < 4.78 is 0. The van der Waals surface area contributed by atoms with Crippen LogP contribution in [0.1, 0.15) is 65.2 Å². The first-order valence-corrected chi connectivity index (χ1v) is 6.10. The summed E-state index contributed by atoms with van der Waals surface area (Å²) in [5.41, 5.74) is 0. The lowest BCUT2D eigenvalue weighted by Crippen LogP contribution is -1.94. The zero-order chi connectivity index (χ0) is 10.6. The van der Waals surface area contributed by atoms with Crippen LogP contribution >= 0.6 is 0 Å². The third-order valence-corrected chi connectivity index (χ3v) is 2.72. The average molecular weight is 198 g/mol. The zero-order valence-corrected chi connectivity index (χ0v) is 9.84. The van der Waals surface area contributed by atoms with Gasteiger partial charge in [0.05, 0.1) is 6.26 Å². The number of aliphatic hydroxyl groups is 1. The van der Waals surface area contributed by atoms with E-state index in [-0.39, 0.29) is 0 Å². The minimum atomic E-state index is 0.889. The van der Waals surface area contributed by atoms with E-state index in [1.54, 1.807) is 0 Å². The largest absolute Gasteiger partial charge is 0.516 e. The number of allylic oxidation sites excluding steroid dienone is 1. The Balaban J connectivity index is 3.13. The van der Waals surface area contributed by atoms with Gasteiger partial charge in [0.1, 0.15) is 0 Å². The van der Waals surface area contributed by atoms with Crippen molar-refractivity contribution >= 4 is 0 Å². The monoisotopic (exact) mass is 198 g/mol. The van der Waals surface area contributed by atoms with Crippen molar-refractivity contribution in [1.29, 1.82) is 0 Å². The first-order valence-electron chi connectivity index (χ1n) is 6.10. The number of unbranched alkanes of at least 4 members (excludes halogenated alkanes) is 4. The van der Waals surface area contributed by atoms with E-state index in [4.69, 9.17) is 5.11 Å². The molecule has 0 spiro atoms. The maximum Gasteiger partial charge on any atom is 0.0751 e. The molecule has 0 aliphatic heterocycles. The van der Waals surface area contributed by atoms with E-state index in [1.165, 1.54) is 44.9 Å². The van der Waals surface area contributed by atoms with E-state index >= 15 is 0 Å². The van der Waals surface area contributed by atoms with Crippen molar-refractivity contribution < 1.29 is 5.11 Å². The highest BCUT2D eigenvalue weighted by molar-refractivity contribution is 4.71. The van der Waals surface area contributed by atoms with E-state index in [2.05, 4.69) is 13.8 Å². The molecule has 1 unspecified atom stereocenters. The van der Waals surface area contributed by atoms with Gasteiger partial charge in [0.25, 0.3) is 0 Å². The molecule has 0 heterocycles. The van der Waals surface area contributed by atoms with Crippen molar-refractivity contribution in [2.45, 2.75) is 65.2 Å². The number of aliphatic hydroxyl groups excluding tert-OH is 1. The standard InChI is InChI=1S/C13H26O/c1-3-4-7-10-13(2)11-8-5-6-9-12-14/h9,12-14H,3-8,10-11H2,1-2H3. The van der Waals surface area contributed by atoms with Crippen LogP contribution in [-0.4, -0.2) is 5.11 Å². The summed E-state index contributed by atoms with van der Waals surface area (Å²) in [5.74, 6) is 0.889. The van der Waals surface area contributed by atoms with Gasteiger partial charge in [-0.2, -0.15) is 0 Å². The van der Waals surface area contributed by atoms with Crippen LogP contribution in [-0.2, 0) is 0 Å². The molecule has 0 fully saturated rings. The Labute approximate surface area is 89.2 Å². The average Bonchev–Trinajstić information content (AvgIpc) is 2.18. The van der Waals surface area contributed by atoms with E-state index in [1.807, 2.05) is 6.08 Å². The molecule has 0 aromatic carbocycles. The molecule has 0 aliphatic rings. The molecule has 0 saturated heterocycles. The van der Waals surface area contributed by atoms with Gasteiger partial charge in [-0.15, -0.1) is 0 Å². The van der Waals surface area contributed by atoms with Crippen molar-refractivity contribution in [3.8, 4) is 0 Å². The molecule has 0 aromatic rings. The quantitative estimate of drug-likeness (QED) is 0.415. The lowest BCUT2D eigenvalue weighted by atomic mass is 9.97. The number of hydrogen-bond acceptors (Lipinski definition) is 1. The van der Waals surface area contributed by atoms with E-state index in [9.17, 15) is 0 Å². The van der Waals surface area contributed by atoms with Crippen molar-refractivity contribution in [2.24, 2.45) is 5.92 Å². The second-order valence-corrected chi connectivity index (χ2v) is 4.27. The molecule has 0 amide bonds. The molecule has 0 rings (SSSR count). The van der Waals surface area contributed by atoms with Crippen LogP contribution in [0.2, 0.25) is 0 Å². The Morgan fingerprint density at radius 2 is 1.71 bits per heavy atom. The van der Waals surface area contributed by atoms with Crippen LogP contribution < -0.4 is 0 Å². The SMILES string of the molecule is CCCCCC(C)CCCCC=CO. The maximum absolute atomic E-state index is 8.44. The maximum atomic E-state index is 8.44. The molecule has 0 radical (unpaired) electrons. The van der Waals surface area contributed by atoms with Gasteiger partial charge in [0.15, 0.2) is 0 Å². The number of hydrogen-bond donors (Lipinski definition) is 1. The molecular weight excluding hydrogens is 172 g/mol. The van der Waals surface area contributed by atoms with Crippen LogP contribution in [0.25, 0.3) is 0 Å². The summed E-state index contributed by atoms with van der Waals surface area (Å²) in [7, 11) is 0. The Morgan fingerprint density at radius 3 is 2.29 bits per heavy atom. The van der Waals surface area contributed by atoms with Gasteiger partial charge in [-0.3, -0.25) is 0 Å². The molecule has 0 aliphatic carbocycles. The summed E-state index contributed by atoms with van der Waals surface area (Å²) in [5, 5.41) is 8.44. The fourth-order valence-electron chi connectivity index (χ4n) is 1.72. The Bertz CT molecular complexity index is 129. The van der Waals surface area contributed by atoms with Gasteiger partial charge in [0, 0.05) is 0 Å². The second-order valence-electron chi connectivity index (χ2n) is 4.27. The topological polar surface area (TPSA) is 20.2 Å². The molecule has 84 valence electrons. The molecule has 1 atom stereocenters. The molecule has 1 heteroatoms. The van der Waals surface area contributed by atoms with Crippen LogP contribution in [0.5, 0.6) is 0 Å². The van der Waals surface area contributed by atoms with Crippen LogP contribution in [0.3, 0.4) is 0 Å². The molecule has 1 N–H and O–H groups in total. The van der Waals surface area contributed by atoms with Crippen molar-refractivity contribution in [3.05, 3.63) is 12.3 Å². The number of rotatable bonds is 9. The lowest BCUT2D eigenvalue weighted by molar-refractivity contribution is 0.442. The third kappa shape index (κ3) is 9.63. The summed E-state index contributed by atoms with van der Waals surface area (Å²) in [6.45, 7) is 4.61. The summed E-state index contributed by atoms with van der Waals surface area (Å²) in [6.07, 6.45) is 13.4. The van der Waals surface area contributed by atoms with Gasteiger partial charge in [-0.1, -0.05) is 58.4 Å². The highest BCUT2D eigenvalue weighted by Gasteiger charge is 2.00. The minimum Gasteiger partial charge on any atom is -0.516 e. The predicted octanol–water partition coefficient (Wildman–Crippen LogP) is 4.83. The first-order chi connectivity index (χ1) is 6.81. The van der Waals surface area contributed by atoms with Crippen LogP contribution in [0, 0.1) is 5.92 Å². The Kier molecular flexibility index (Phi) is 10.3. The van der Waals surface area contributed by atoms with Crippen LogP contribution in [0.4, 0.5) is 0 Å². The van der Waals surface area contributed by atoms with Crippen molar-refractivity contribution in [2.75, 3.05) is 0 Å². The summed E-state index contributed by atoms with van der Waals surface area (Å²) >= 11 is 0. The van der Waals surface area contributed by atoms with Gasteiger partial charge < -0.3 is 5.11 Å². The summed E-state index contributed by atoms with van der Waals surface area (Å²) in [6, 6.07) is 0. The Morgan fingerprint density at radius 1 is 1.07 bits per heavy atom. The molecule has 1 nitrogen and oxygen atoms in total. The first kappa shape index (κ1) is 13.5. The summed E-state index contributed by atoms with van der Waals surface area (Å²) in [4.78, 5) is 0. The van der Waals surface area contributed by atoms with E-state index < -0.39 is 0 Å². The molecule has 0 saturated carbocycles. The predicted molar refractivity (Wildman–Crippen MR) is 63.5 cm³/mol. The second kappa shape index (κ2) is 10.6. The van der Waals surface area contributed by atoms with E-state index in [0.29, 0.717) is 0 Å². The van der Waals surface area contributed by atoms with Gasteiger partial charge in [0.2, 0.25) is 0 Å². The van der Waals surface area contributed by atoms with Crippen molar-refractivity contribution in [1.82, 2.24) is 0 Å². The Hall–Kier alpha value is -0.460. The zero-order valence-electron chi connectivity index (χ0n) is 9.84.